The number of carboxylic acids is 1. The van der Waals surface area contributed by atoms with Crippen molar-refractivity contribution in [2.45, 2.75) is 71.6 Å². The van der Waals surface area contributed by atoms with Gasteiger partial charge in [0.2, 0.25) is 0 Å². The first kappa shape index (κ1) is 26.4. The molecule has 6 rings (SSSR count). The molecule has 0 unspecified atom stereocenters. The van der Waals surface area contributed by atoms with Gasteiger partial charge in [-0.25, -0.2) is 4.68 Å². The Morgan fingerprint density at radius 3 is 2.75 bits per heavy atom. The molecule has 0 fully saturated rings. The molecule has 0 bridgehead atoms. The maximum atomic E-state index is 12.7. The number of aliphatic carboxylic acids is 1. The lowest BCUT2D eigenvalue weighted by Gasteiger charge is -2.35. The Labute approximate surface area is 235 Å². The molecule has 40 heavy (non-hydrogen) atoms. The monoisotopic (exact) mass is 539 g/mol. The smallest absolute Gasteiger partial charge is 0.310 e. The highest BCUT2D eigenvalue weighted by atomic mass is 16.5. The molecule has 2 aromatic carbocycles. The van der Waals surface area contributed by atoms with Crippen LogP contribution in [0.3, 0.4) is 0 Å². The summed E-state index contributed by atoms with van der Waals surface area (Å²) in [5, 5.41) is 19.0. The maximum absolute atomic E-state index is 12.7. The van der Waals surface area contributed by atoms with Crippen molar-refractivity contribution in [3.63, 3.8) is 0 Å². The minimum absolute atomic E-state index is 0.217. The third-order valence-corrected chi connectivity index (χ3v) is 8.87. The number of fused-ring (bicyclic) bond motifs is 3. The standard InChI is InChI=1S/C32H37N5O3/c1-19-23(10-12-26-29(19)34-35-36(26)6)28(32(4,5)30(38)39)21-8-7-20-9-11-25(24(20)15-21)37-17-22-13-14-33-16-27(22)40-31(2,3)18-37/h7-8,10,12-16,25,28H,9,11,17-18H2,1-6H3,(H,38,39)/t25-,28+/m0/s1. The van der Waals surface area contributed by atoms with Gasteiger partial charge < -0.3 is 9.84 Å². The molecular weight excluding hydrogens is 502 g/mol. The van der Waals surface area contributed by atoms with Crippen molar-refractivity contribution >= 4 is 17.0 Å². The summed E-state index contributed by atoms with van der Waals surface area (Å²) in [7, 11) is 1.87. The Morgan fingerprint density at radius 2 is 1.98 bits per heavy atom. The second kappa shape index (κ2) is 9.41. The minimum atomic E-state index is -1.05. The van der Waals surface area contributed by atoms with Gasteiger partial charge in [-0.2, -0.15) is 0 Å². The number of hydrogen-bond donors (Lipinski definition) is 1. The van der Waals surface area contributed by atoms with Crippen LogP contribution in [0, 0.1) is 12.3 Å². The number of nitrogens with zero attached hydrogens (tertiary/aromatic N) is 5. The molecule has 1 aliphatic carbocycles. The third-order valence-electron chi connectivity index (χ3n) is 8.87. The fourth-order valence-electron chi connectivity index (χ4n) is 6.77. The summed E-state index contributed by atoms with van der Waals surface area (Å²) in [6.45, 7) is 11.5. The van der Waals surface area contributed by atoms with Gasteiger partial charge in [-0.15, -0.1) is 5.10 Å². The lowest BCUT2D eigenvalue weighted by Crippen LogP contribution is -2.41. The summed E-state index contributed by atoms with van der Waals surface area (Å²) in [4.78, 5) is 19.5. The average Bonchev–Trinajstić information content (AvgIpc) is 3.45. The zero-order valence-electron chi connectivity index (χ0n) is 24.1. The lowest BCUT2D eigenvalue weighted by atomic mass is 9.69. The van der Waals surface area contributed by atoms with E-state index in [2.05, 4.69) is 58.3 Å². The van der Waals surface area contributed by atoms with Crippen LogP contribution < -0.4 is 4.74 Å². The molecule has 0 saturated carbocycles. The number of ether oxygens (including phenoxy) is 1. The summed E-state index contributed by atoms with van der Waals surface area (Å²) < 4.78 is 8.13. The van der Waals surface area contributed by atoms with Crippen molar-refractivity contribution < 1.29 is 14.6 Å². The zero-order chi connectivity index (χ0) is 28.4. The molecule has 2 aliphatic rings. The van der Waals surface area contributed by atoms with Gasteiger partial charge in [0.15, 0.2) is 0 Å². The lowest BCUT2D eigenvalue weighted by molar-refractivity contribution is -0.147. The minimum Gasteiger partial charge on any atom is -0.485 e. The summed E-state index contributed by atoms with van der Waals surface area (Å²) in [5.41, 5.74) is 7.05. The number of carbonyl (C=O) groups is 1. The first-order valence-electron chi connectivity index (χ1n) is 14.0. The molecule has 0 radical (unpaired) electrons. The van der Waals surface area contributed by atoms with Crippen molar-refractivity contribution in [2.24, 2.45) is 12.5 Å². The van der Waals surface area contributed by atoms with Gasteiger partial charge in [0.05, 0.1) is 17.1 Å². The van der Waals surface area contributed by atoms with Crippen LogP contribution in [-0.2, 0) is 24.8 Å². The van der Waals surface area contributed by atoms with Crippen LogP contribution in [0.15, 0.2) is 48.8 Å². The molecule has 0 saturated heterocycles. The molecule has 2 atom stereocenters. The van der Waals surface area contributed by atoms with E-state index in [9.17, 15) is 9.90 Å². The van der Waals surface area contributed by atoms with Gasteiger partial charge in [0.1, 0.15) is 16.9 Å². The Kier molecular flexibility index (Phi) is 6.22. The van der Waals surface area contributed by atoms with E-state index in [-0.39, 0.29) is 17.6 Å². The highest BCUT2D eigenvalue weighted by Gasteiger charge is 2.42. The van der Waals surface area contributed by atoms with Crippen LogP contribution in [-0.4, -0.2) is 48.1 Å². The average molecular weight is 540 g/mol. The molecule has 208 valence electrons. The number of aryl methyl sites for hydroxylation is 3. The molecule has 4 aromatic rings. The van der Waals surface area contributed by atoms with Crippen LogP contribution >= 0.6 is 0 Å². The van der Waals surface area contributed by atoms with E-state index in [1.165, 1.54) is 11.1 Å². The quantitative estimate of drug-likeness (QED) is 0.354. The highest BCUT2D eigenvalue weighted by molar-refractivity contribution is 5.81. The molecular formula is C32H37N5O3. The number of rotatable bonds is 5. The largest absolute Gasteiger partial charge is 0.485 e. The van der Waals surface area contributed by atoms with E-state index >= 15 is 0 Å². The van der Waals surface area contributed by atoms with Crippen molar-refractivity contribution in [2.75, 3.05) is 6.54 Å². The van der Waals surface area contributed by atoms with Crippen LogP contribution in [0.5, 0.6) is 5.75 Å². The molecule has 8 nitrogen and oxygen atoms in total. The number of pyridine rings is 1. The van der Waals surface area contributed by atoms with Crippen LogP contribution in [0.1, 0.15) is 79.5 Å². The first-order chi connectivity index (χ1) is 19.0. The van der Waals surface area contributed by atoms with E-state index < -0.39 is 11.4 Å². The van der Waals surface area contributed by atoms with Crippen LogP contribution in [0.25, 0.3) is 11.0 Å². The molecule has 2 aromatic heterocycles. The highest BCUT2D eigenvalue weighted by Crippen LogP contribution is 2.47. The third kappa shape index (κ3) is 4.35. The van der Waals surface area contributed by atoms with Crippen molar-refractivity contribution in [1.29, 1.82) is 0 Å². The summed E-state index contributed by atoms with van der Waals surface area (Å²) in [6.07, 6.45) is 5.66. The first-order valence-corrected chi connectivity index (χ1v) is 14.0. The van der Waals surface area contributed by atoms with Gasteiger partial charge in [-0.05, 0) is 87.4 Å². The molecule has 3 heterocycles. The summed E-state index contributed by atoms with van der Waals surface area (Å²) in [5.74, 6) is -0.344. The normalized spacial score (nSPS) is 19.5. The predicted octanol–water partition coefficient (Wildman–Crippen LogP) is 5.57. The van der Waals surface area contributed by atoms with Crippen molar-refractivity contribution in [1.82, 2.24) is 24.9 Å². The topological polar surface area (TPSA) is 93.4 Å². The fraction of sp³-hybridized carbons (Fsp3) is 0.438. The predicted molar refractivity (Wildman–Crippen MR) is 153 cm³/mol. The van der Waals surface area contributed by atoms with E-state index in [1.54, 1.807) is 4.68 Å². The Balaban J connectivity index is 1.45. The molecule has 0 spiro atoms. The van der Waals surface area contributed by atoms with Crippen molar-refractivity contribution in [3.05, 3.63) is 82.2 Å². The van der Waals surface area contributed by atoms with E-state index in [0.717, 1.165) is 65.0 Å². The van der Waals surface area contributed by atoms with Gasteiger partial charge in [-0.3, -0.25) is 14.7 Å². The van der Waals surface area contributed by atoms with Crippen molar-refractivity contribution in [3.8, 4) is 5.75 Å². The zero-order valence-corrected chi connectivity index (χ0v) is 24.1. The molecule has 1 N–H and O–H groups in total. The second-order valence-electron chi connectivity index (χ2n) is 12.6. The number of aromatic nitrogens is 4. The molecule has 1 aliphatic heterocycles. The van der Waals surface area contributed by atoms with Gasteiger partial charge >= 0.3 is 5.97 Å². The SMILES string of the molecule is Cc1c([C@@H](c2ccc3c(c2)[C@@H](N2Cc4ccncc4OC(C)(C)C2)CC3)C(C)(C)C(=O)O)ccc2c1nnn2C. The number of carboxylic acid groups (broad SMARTS) is 1. The second-order valence-corrected chi connectivity index (χ2v) is 12.6. The summed E-state index contributed by atoms with van der Waals surface area (Å²) >= 11 is 0. The Morgan fingerprint density at radius 1 is 1.18 bits per heavy atom. The van der Waals surface area contributed by atoms with E-state index in [1.807, 2.05) is 52.3 Å². The van der Waals surface area contributed by atoms with Crippen LogP contribution in [0.4, 0.5) is 0 Å². The van der Waals surface area contributed by atoms with E-state index in [0.29, 0.717) is 0 Å². The van der Waals surface area contributed by atoms with Gasteiger partial charge in [0.25, 0.3) is 0 Å². The summed E-state index contributed by atoms with van der Waals surface area (Å²) in [6, 6.07) is 12.9. The fourth-order valence-corrected chi connectivity index (χ4v) is 6.77. The Hall–Kier alpha value is -3.78. The van der Waals surface area contributed by atoms with Gasteiger partial charge in [-0.1, -0.05) is 29.5 Å². The number of benzene rings is 2. The van der Waals surface area contributed by atoms with E-state index in [4.69, 9.17) is 4.74 Å². The Bertz CT molecular complexity index is 1620. The molecule has 0 amide bonds. The van der Waals surface area contributed by atoms with Gasteiger partial charge in [0, 0.05) is 43.9 Å². The molecule has 8 heteroatoms. The van der Waals surface area contributed by atoms with Crippen LogP contribution in [0.2, 0.25) is 0 Å². The maximum Gasteiger partial charge on any atom is 0.310 e. The number of hydrogen-bond acceptors (Lipinski definition) is 6.